The van der Waals surface area contributed by atoms with Gasteiger partial charge in [0.15, 0.2) is 0 Å². The van der Waals surface area contributed by atoms with Crippen LogP contribution in [0.5, 0.6) is 5.88 Å². The molecule has 0 spiro atoms. The molecule has 0 radical (unpaired) electrons. The maximum absolute atomic E-state index is 10.6. The summed E-state index contributed by atoms with van der Waals surface area (Å²) in [6.07, 6.45) is -0.480. The Kier molecular flexibility index (Phi) is 11.0. The summed E-state index contributed by atoms with van der Waals surface area (Å²) in [7, 11) is 0. The number of ether oxygens (including phenoxy) is 1. The Morgan fingerprint density at radius 3 is 2.20 bits per heavy atom. The average Bonchev–Trinajstić information content (AvgIpc) is 3.53. The van der Waals surface area contributed by atoms with E-state index < -0.39 is 24.3 Å². The van der Waals surface area contributed by atoms with Gasteiger partial charge >= 0.3 is 24.3 Å². The normalized spacial score (nSPS) is 15.3. The Labute approximate surface area is 223 Å². The molecule has 17 heteroatoms. The van der Waals surface area contributed by atoms with Crippen molar-refractivity contribution < 1.29 is 50.9 Å². The van der Waals surface area contributed by atoms with Crippen molar-refractivity contribution in [2.24, 2.45) is 0 Å². The first-order valence-corrected chi connectivity index (χ1v) is 11.5. The lowest BCUT2D eigenvalue weighted by atomic mass is 10.2. The second kappa shape index (κ2) is 13.8. The summed E-state index contributed by atoms with van der Waals surface area (Å²) in [5, 5.41) is 18.7. The second-order valence-electron chi connectivity index (χ2n) is 8.62. The highest BCUT2D eigenvalue weighted by molar-refractivity contribution is 5.73. The molecule has 4 heterocycles. The van der Waals surface area contributed by atoms with Crippen LogP contribution in [0, 0.1) is 0 Å². The number of rotatable bonds is 6. The molecule has 0 bridgehead atoms. The molecule has 1 unspecified atom stereocenters. The van der Waals surface area contributed by atoms with E-state index in [9.17, 15) is 26.3 Å². The van der Waals surface area contributed by atoms with Crippen molar-refractivity contribution in [2.45, 2.75) is 51.4 Å². The molecule has 1 atom stereocenters. The van der Waals surface area contributed by atoms with E-state index in [-0.39, 0.29) is 6.04 Å². The van der Waals surface area contributed by atoms with Crippen LogP contribution in [0.3, 0.4) is 0 Å². The number of aromatic nitrogens is 5. The predicted molar refractivity (Wildman–Crippen MR) is 125 cm³/mol. The Morgan fingerprint density at radius 2 is 1.70 bits per heavy atom. The largest absolute Gasteiger partial charge is 0.490 e. The van der Waals surface area contributed by atoms with Crippen LogP contribution >= 0.6 is 0 Å². The standard InChI is InChI=1S/C19H24N6O.2C2HF3O2/c1-15(2)25-10-16(7-22-25)9-23-11-17-8-20-14-24(17)18(12-23)13-26-19-5-3-4-6-21-19;2*3-2(4,5)1(6)7/h3-8,10,14-15,18H,9,11-13H2,1-2H3;2*(H,6,7). The lowest BCUT2D eigenvalue weighted by Gasteiger charge is -2.34. The van der Waals surface area contributed by atoms with Gasteiger partial charge in [-0.05, 0) is 19.9 Å². The molecular formula is C23H26F6N6O5. The van der Waals surface area contributed by atoms with Crippen LogP contribution in [0.1, 0.15) is 37.2 Å². The third-order valence-corrected chi connectivity index (χ3v) is 5.13. The third-order valence-electron chi connectivity index (χ3n) is 5.13. The first-order chi connectivity index (χ1) is 18.6. The van der Waals surface area contributed by atoms with Crippen molar-refractivity contribution in [3.05, 3.63) is 60.6 Å². The molecule has 0 fully saturated rings. The van der Waals surface area contributed by atoms with Crippen molar-refractivity contribution >= 4 is 11.9 Å². The molecule has 11 nitrogen and oxygen atoms in total. The number of halogens is 6. The fraction of sp³-hybridized carbons (Fsp3) is 0.435. The van der Waals surface area contributed by atoms with Crippen molar-refractivity contribution in [3.8, 4) is 5.88 Å². The first-order valence-electron chi connectivity index (χ1n) is 11.5. The number of carboxylic acid groups (broad SMARTS) is 2. The first kappa shape index (κ1) is 32.1. The number of carboxylic acids is 2. The lowest BCUT2D eigenvalue weighted by molar-refractivity contribution is -0.193. The van der Waals surface area contributed by atoms with Gasteiger partial charge in [0.2, 0.25) is 5.88 Å². The van der Waals surface area contributed by atoms with E-state index in [0.717, 1.165) is 19.6 Å². The fourth-order valence-corrected chi connectivity index (χ4v) is 3.33. The van der Waals surface area contributed by atoms with Gasteiger partial charge in [0.1, 0.15) is 6.61 Å². The molecule has 2 N–H and O–H groups in total. The van der Waals surface area contributed by atoms with Gasteiger partial charge in [-0.25, -0.2) is 19.6 Å². The minimum atomic E-state index is -5.08. The van der Waals surface area contributed by atoms with Crippen LogP contribution in [-0.4, -0.2) is 76.9 Å². The molecule has 0 saturated heterocycles. The fourth-order valence-electron chi connectivity index (χ4n) is 3.33. The van der Waals surface area contributed by atoms with E-state index in [1.54, 1.807) is 6.20 Å². The van der Waals surface area contributed by atoms with Gasteiger partial charge in [-0.3, -0.25) is 9.58 Å². The minimum Gasteiger partial charge on any atom is -0.475 e. The Morgan fingerprint density at radius 1 is 1.07 bits per heavy atom. The number of aliphatic carboxylic acids is 2. The quantitative estimate of drug-likeness (QED) is 0.416. The maximum atomic E-state index is 10.6. The number of carbonyl (C=O) groups is 2. The molecule has 3 aromatic rings. The van der Waals surface area contributed by atoms with E-state index in [4.69, 9.17) is 24.5 Å². The van der Waals surface area contributed by atoms with E-state index in [1.807, 2.05) is 41.6 Å². The maximum Gasteiger partial charge on any atom is 0.490 e. The zero-order valence-electron chi connectivity index (χ0n) is 21.2. The zero-order chi connectivity index (χ0) is 30.1. The number of hydrogen-bond donors (Lipinski definition) is 2. The number of imidazole rings is 1. The molecule has 0 aromatic carbocycles. The van der Waals surface area contributed by atoms with E-state index in [1.165, 1.54) is 11.3 Å². The molecule has 0 saturated carbocycles. The topological polar surface area (TPSA) is 136 Å². The van der Waals surface area contributed by atoms with Crippen LogP contribution in [0.2, 0.25) is 0 Å². The molecule has 40 heavy (non-hydrogen) atoms. The molecule has 0 aliphatic carbocycles. The highest BCUT2D eigenvalue weighted by Gasteiger charge is 2.38. The van der Waals surface area contributed by atoms with Crippen LogP contribution in [0.15, 0.2) is 49.3 Å². The second-order valence-corrected chi connectivity index (χ2v) is 8.62. The highest BCUT2D eigenvalue weighted by atomic mass is 19.4. The summed E-state index contributed by atoms with van der Waals surface area (Å²) >= 11 is 0. The minimum absolute atomic E-state index is 0.211. The Hall–Kier alpha value is -4.15. The number of hydrogen-bond acceptors (Lipinski definition) is 7. The Bertz CT molecular complexity index is 1200. The summed E-state index contributed by atoms with van der Waals surface area (Å²) in [4.78, 5) is 28.8. The van der Waals surface area contributed by atoms with Crippen LogP contribution < -0.4 is 4.74 Å². The van der Waals surface area contributed by atoms with Gasteiger partial charge < -0.3 is 19.5 Å². The SMILES string of the molecule is CC(C)n1cc(CN2Cc3cncn3C(COc3ccccn3)C2)cn1.O=C(O)C(F)(F)F.O=C(O)C(F)(F)F. The summed E-state index contributed by atoms with van der Waals surface area (Å²) in [5.74, 6) is -4.86. The smallest absolute Gasteiger partial charge is 0.475 e. The highest BCUT2D eigenvalue weighted by Crippen LogP contribution is 2.23. The van der Waals surface area contributed by atoms with Crippen LogP contribution in [-0.2, 0) is 22.7 Å². The van der Waals surface area contributed by atoms with Crippen molar-refractivity contribution in [2.75, 3.05) is 13.2 Å². The number of pyridine rings is 1. The molecule has 220 valence electrons. The molecule has 1 aliphatic rings. The number of nitrogens with zero attached hydrogens (tertiary/aromatic N) is 6. The monoisotopic (exact) mass is 580 g/mol. The van der Waals surface area contributed by atoms with Crippen molar-refractivity contribution in [3.63, 3.8) is 0 Å². The lowest BCUT2D eigenvalue weighted by Crippen LogP contribution is -2.38. The third kappa shape index (κ3) is 10.2. The van der Waals surface area contributed by atoms with E-state index >= 15 is 0 Å². The van der Waals surface area contributed by atoms with Gasteiger partial charge in [-0.2, -0.15) is 31.4 Å². The van der Waals surface area contributed by atoms with Gasteiger partial charge in [0, 0.05) is 55.9 Å². The molecule has 4 rings (SSSR count). The average molecular weight is 580 g/mol. The van der Waals surface area contributed by atoms with Crippen molar-refractivity contribution in [1.29, 1.82) is 0 Å². The van der Waals surface area contributed by atoms with E-state index in [0.29, 0.717) is 18.5 Å². The Balaban J connectivity index is 0.000000333. The van der Waals surface area contributed by atoms with Gasteiger partial charge in [0.05, 0.1) is 24.3 Å². The number of fused-ring (bicyclic) bond motifs is 1. The van der Waals surface area contributed by atoms with Gasteiger partial charge in [-0.1, -0.05) is 6.07 Å². The summed E-state index contributed by atoms with van der Waals surface area (Å²) in [6.45, 7) is 7.51. The molecule has 0 amide bonds. The van der Waals surface area contributed by atoms with Crippen LogP contribution in [0.4, 0.5) is 26.3 Å². The summed E-state index contributed by atoms with van der Waals surface area (Å²) < 4.78 is 73.6. The van der Waals surface area contributed by atoms with Crippen LogP contribution in [0.25, 0.3) is 0 Å². The van der Waals surface area contributed by atoms with Gasteiger partial charge in [-0.15, -0.1) is 0 Å². The predicted octanol–water partition coefficient (Wildman–Crippen LogP) is 3.96. The van der Waals surface area contributed by atoms with Gasteiger partial charge in [0.25, 0.3) is 0 Å². The summed E-state index contributed by atoms with van der Waals surface area (Å²) in [6, 6.07) is 6.30. The molecule has 1 aliphatic heterocycles. The molecular weight excluding hydrogens is 554 g/mol. The zero-order valence-corrected chi connectivity index (χ0v) is 21.2. The molecule has 3 aromatic heterocycles. The van der Waals surface area contributed by atoms with E-state index in [2.05, 4.69) is 44.6 Å². The number of alkyl halides is 6. The summed E-state index contributed by atoms with van der Waals surface area (Å²) in [5.41, 5.74) is 2.44. The van der Waals surface area contributed by atoms with Crippen molar-refractivity contribution in [1.82, 2.24) is 29.2 Å².